The number of para-hydroxylation sites is 2. The van der Waals surface area contributed by atoms with Crippen LogP contribution in [0.4, 0.5) is 11.4 Å². The maximum Gasteiger partial charge on any atom is 0.175 e. The van der Waals surface area contributed by atoms with Crippen LogP contribution in [0.1, 0.15) is 0 Å². The first-order valence-corrected chi connectivity index (χ1v) is 9.02. The zero-order valence-corrected chi connectivity index (χ0v) is 13.2. The minimum Gasteiger partial charge on any atom is -0.343 e. The maximum atomic E-state index is 14.2. The standard InChI is InChI=1S/C19H16NOP/c1-20-16-11-5-7-13-18(16)22(21,15-9-3-2-4-10-15)19-14-8-6-12-17(19)20/h2-14H,1H3. The van der Waals surface area contributed by atoms with E-state index >= 15 is 0 Å². The van der Waals surface area contributed by atoms with E-state index in [1.807, 2.05) is 85.9 Å². The van der Waals surface area contributed by atoms with Crippen LogP contribution in [0.25, 0.3) is 0 Å². The van der Waals surface area contributed by atoms with Gasteiger partial charge in [-0.2, -0.15) is 0 Å². The van der Waals surface area contributed by atoms with Gasteiger partial charge in [0, 0.05) is 23.0 Å². The second-order valence-corrected chi connectivity index (χ2v) is 8.18. The smallest absolute Gasteiger partial charge is 0.175 e. The molecule has 4 rings (SSSR count). The summed E-state index contributed by atoms with van der Waals surface area (Å²) in [5.74, 6) is 0. The molecule has 0 spiro atoms. The van der Waals surface area contributed by atoms with Crippen molar-refractivity contribution in [1.82, 2.24) is 0 Å². The van der Waals surface area contributed by atoms with Crippen LogP contribution < -0.4 is 20.8 Å². The predicted octanol–water partition coefficient (Wildman–Crippen LogP) is 3.41. The van der Waals surface area contributed by atoms with Crippen molar-refractivity contribution >= 4 is 34.4 Å². The number of fused-ring (bicyclic) bond motifs is 2. The van der Waals surface area contributed by atoms with Crippen LogP contribution in [0.3, 0.4) is 0 Å². The molecule has 3 aromatic rings. The lowest BCUT2D eigenvalue weighted by molar-refractivity contribution is 0.592. The van der Waals surface area contributed by atoms with Gasteiger partial charge in [-0.1, -0.05) is 54.6 Å². The molecule has 0 amide bonds. The fourth-order valence-corrected chi connectivity index (χ4v) is 6.30. The number of rotatable bonds is 1. The molecule has 0 fully saturated rings. The molecule has 0 atom stereocenters. The third kappa shape index (κ3) is 1.71. The highest BCUT2D eigenvalue weighted by Crippen LogP contribution is 2.51. The van der Waals surface area contributed by atoms with Crippen molar-refractivity contribution in [3.63, 3.8) is 0 Å². The molecule has 108 valence electrons. The number of hydrogen-bond acceptors (Lipinski definition) is 2. The summed E-state index contributed by atoms with van der Waals surface area (Å²) in [4.78, 5) is 2.13. The maximum absolute atomic E-state index is 14.2. The summed E-state index contributed by atoms with van der Waals surface area (Å²) in [6.45, 7) is 0. The highest BCUT2D eigenvalue weighted by Gasteiger charge is 2.38. The van der Waals surface area contributed by atoms with Crippen LogP contribution in [0.15, 0.2) is 78.9 Å². The molecule has 0 bridgehead atoms. The third-order valence-electron chi connectivity index (χ3n) is 4.28. The van der Waals surface area contributed by atoms with Gasteiger partial charge in [0.15, 0.2) is 7.14 Å². The first kappa shape index (κ1) is 13.4. The van der Waals surface area contributed by atoms with E-state index < -0.39 is 7.14 Å². The largest absolute Gasteiger partial charge is 0.343 e. The van der Waals surface area contributed by atoms with E-state index in [2.05, 4.69) is 4.90 Å². The Hall–Kier alpha value is -2.31. The Bertz CT molecular complexity index is 837. The van der Waals surface area contributed by atoms with Gasteiger partial charge in [0.05, 0.1) is 11.4 Å². The molecule has 2 nitrogen and oxygen atoms in total. The molecule has 0 saturated heterocycles. The van der Waals surface area contributed by atoms with Gasteiger partial charge in [0.2, 0.25) is 0 Å². The number of hydrogen-bond donors (Lipinski definition) is 0. The predicted molar refractivity (Wildman–Crippen MR) is 93.9 cm³/mol. The fourth-order valence-electron chi connectivity index (χ4n) is 3.20. The summed E-state index contributed by atoms with van der Waals surface area (Å²) in [6, 6.07) is 25.8. The van der Waals surface area contributed by atoms with Crippen LogP contribution in [0.2, 0.25) is 0 Å². The summed E-state index contributed by atoms with van der Waals surface area (Å²) in [7, 11) is -0.791. The zero-order chi connectivity index (χ0) is 15.2. The van der Waals surface area contributed by atoms with Crippen molar-refractivity contribution in [2.24, 2.45) is 0 Å². The topological polar surface area (TPSA) is 20.3 Å². The number of nitrogens with zero attached hydrogens (tertiary/aromatic N) is 1. The molecule has 1 heterocycles. The average Bonchev–Trinajstić information content (AvgIpc) is 2.60. The SMILES string of the molecule is CN1c2ccccc2P(=O)(c2ccccc2)c2ccccc21. The summed E-state index contributed by atoms with van der Waals surface area (Å²) in [5, 5.41) is 2.73. The molecule has 0 unspecified atom stereocenters. The number of benzene rings is 3. The van der Waals surface area contributed by atoms with Crippen molar-refractivity contribution in [3.8, 4) is 0 Å². The molecule has 1 aliphatic heterocycles. The van der Waals surface area contributed by atoms with Crippen LogP contribution in [-0.4, -0.2) is 7.05 Å². The lowest BCUT2D eigenvalue weighted by atomic mass is 10.2. The van der Waals surface area contributed by atoms with E-state index in [1.54, 1.807) is 0 Å². The van der Waals surface area contributed by atoms with E-state index in [4.69, 9.17) is 0 Å². The lowest BCUT2D eigenvalue weighted by Crippen LogP contribution is -2.36. The molecule has 0 N–H and O–H groups in total. The lowest BCUT2D eigenvalue weighted by Gasteiger charge is -2.35. The summed E-state index contributed by atoms with van der Waals surface area (Å²) in [5.41, 5.74) is 2.04. The highest BCUT2D eigenvalue weighted by atomic mass is 31.2. The molecule has 3 heteroatoms. The van der Waals surface area contributed by atoms with E-state index in [0.29, 0.717) is 0 Å². The normalized spacial score (nSPS) is 15.0. The van der Waals surface area contributed by atoms with Gasteiger partial charge in [-0.15, -0.1) is 0 Å². The minimum absolute atomic E-state index is 0.892. The Labute approximate surface area is 130 Å². The van der Waals surface area contributed by atoms with E-state index in [1.165, 1.54) is 0 Å². The highest BCUT2D eigenvalue weighted by molar-refractivity contribution is 7.86. The molecular weight excluding hydrogens is 289 g/mol. The molecule has 0 aliphatic carbocycles. The van der Waals surface area contributed by atoms with Gasteiger partial charge in [0.25, 0.3) is 0 Å². The van der Waals surface area contributed by atoms with Crippen LogP contribution >= 0.6 is 7.14 Å². The Balaban J connectivity index is 2.12. The van der Waals surface area contributed by atoms with Gasteiger partial charge in [-0.3, -0.25) is 0 Å². The molecule has 0 saturated carbocycles. The van der Waals surface area contributed by atoms with Crippen molar-refractivity contribution < 1.29 is 4.57 Å². The van der Waals surface area contributed by atoms with Gasteiger partial charge < -0.3 is 9.46 Å². The van der Waals surface area contributed by atoms with E-state index in [-0.39, 0.29) is 0 Å². The Morgan fingerprint density at radius 2 is 1.14 bits per heavy atom. The molecule has 1 aliphatic rings. The summed E-state index contributed by atoms with van der Waals surface area (Å²) < 4.78 is 14.2. The first-order chi connectivity index (χ1) is 10.7. The second-order valence-electron chi connectivity index (χ2n) is 5.48. The Morgan fingerprint density at radius 1 is 0.682 bits per heavy atom. The second kappa shape index (κ2) is 4.86. The van der Waals surface area contributed by atoms with Gasteiger partial charge >= 0.3 is 0 Å². The minimum atomic E-state index is -2.82. The average molecular weight is 305 g/mol. The molecule has 3 aromatic carbocycles. The number of anilines is 2. The third-order valence-corrected chi connectivity index (χ3v) is 7.42. The fraction of sp³-hybridized carbons (Fsp3) is 0.0526. The van der Waals surface area contributed by atoms with E-state index in [9.17, 15) is 4.57 Å². The van der Waals surface area contributed by atoms with Crippen LogP contribution in [0.5, 0.6) is 0 Å². The van der Waals surface area contributed by atoms with Gasteiger partial charge in [-0.05, 0) is 24.3 Å². The molecule has 0 radical (unpaired) electrons. The Kier molecular flexibility index (Phi) is 2.95. The van der Waals surface area contributed by atoms with Crippen molar-refractivity contribution in [2.75, 3.05) is 11.9 Å². The van der Waals surface area contributed by atoms with Crippen molar-refractivity contribution in [2.45, 2.75) is 0 Å². The van der Waals surface area contributed by atoms with E-state index in [0.717, 1.165) is 27.3 Å². The molecule has 22 heavy (non-hydrogen) atoms. The van der Waals surface area contributed by atoms with Crippen molar-refractivity contribution in [3.05, 3.63) is 78.9 Å². The zero-order valence-electron chi connectivity index (χ0n) is 12.3. The van der Waals surface area contributed by atoms with Gasteiger partial charge in [0.1, 0.15) is 0 Å². The quantitative estimate of drug-likeness (QED) is 0.642. The molecular formula is C19H16NOP. The summed E-state index contributed by atoms with van der Waals surface area (Å²) in [6.07, 6.45) is 0. The van der Waals surface area contributed by atoms with Crippen LogP contribution in [-0.2, 0) is 4.57 Å². The van der Waals surface area contributed by atoms with Crippen LogP contribution in [0, 0.1) is 0 Å². The van der Waals surface area contributed by atoms with Gasteiger partial charge in [-0.25, -0.2) is 0 Å². The monoisotopic (exact) mass is 305 g/mol. The molecule has 0 aromatic heterocycles. The Morgan fingerprint density at radius 3 is 1.68 bits per heavy atom. The first-order valence-electron chi connectivity index (χ1n) is 7.31. The summed E-state index contributed by atoms with van der Waals surface area (Å²) >= 11 is 0. The van der Waals surface area contributed by atoms with Crippen molar-refractivity contribution in [1.29, 1.82) is 0 Å².